The van der Waals surface area contributed by atoms with Crippen LogP contribution in [0, 0.1) is 6.92 Å². The Morgan fingerprint density at radius 3 is 2.67 bits per heavy atom. The van der Waals surface area contributed by atoms with Gasteiger partial charge in [-0.3, -0.25) is 0 Å². The number of hydrogen-bond donors (Lipinski definition) is 0. The van der Waals surface area contributed by atoms with Crippen LogP contribution in [0.5, 0.6) is 0 Å². The Kier molecular flexibility index (Phi) is 4.67. The first-order chi connectivity index (χ1) is 11.4. The minimum Gasteiger partial charge on any atom is -0.431 e. The van der Waals surface area contributed by atoms with Gasteiger partial charge in [-0.1, -0.05) is 41.6 Å². The van der Waals surface area contributed by atoms with Crippen molar-refractivity contribution in [1.82, 2.24) is 9.29 Å². The molecular formula is C17H18N2O3S2. The van der Waals surface area contributed by atoms with Gasteiger partial charge in [-0.05, 0) is 30.7 Å². The van der Waals surface area contributed by atoms with Crippen LogP contribution in [0.2, 0.25) is 0 Å². The van der Waals surface area contributed by atoms with E-state index in [0.717, 1.165) is 5.75 Å². The third-order valence-electron chi connectivity index (χ3n) is 3.56. The summed E-state index contributed by atoms with van der Waals surface area (Å²) in [5.41, 5.74) is 3.53. The van der Waals surface area contributed by atoms with E-state index < -0.39 is 10.0 Å². The number of sulfonamides is 1. The minimum atomic E-state index is -3.47. The molecule has 0 radical (unpaired) electrons. The third-order valence-corrected chi connectivity index (χ3v) is 6.27. The van der Waals surface area contributed by atoms with Crippen LogP contribution >= 0.6 is 11.8 Å². The Hall–Kier alpha value is -1.83. The predicted octanol–water partition coefficient (Wildman–Crippen LogP) is 3.68. The Morgan fingerprint density at radius 1 is 1.17 bits per heavy atom. The van der Waals surface area contributed by atoms with Gasteiger partial charge in [-0.25, -0.2) is 17.7 Å². The summed E-state index contributed by atoms with van der Waals surface area (Å²) in [5.74, 6) is 0.747. The summed E-state index contributed by atoms with van der Waals surface area (Å²) in [4.78, 5) is 4.61. The quantitative estimate of drug-likeness (QED) is 0.648. The highest BCUT2D eigenvalue weighted by molar-refractivity contribution is 7.98. The van der Waals surface area contributed by atoms with Crippen molar-refractivity contribution >= 4 is 32.9 Å². The number of benzene rings is 2. The molecule has 0 unspecified atom stereocenters. The third kappa shape index (κ3) is 3.48. The van der Waals surface area contributed by atoms with Gasteiger partial charge >= 0.3 is 0 Å². The molecule has 2 aromatic carbocycles. The van der Waals surface area contributed by atoms with Gasteiger partial charge in [0.15, 0.2) is 5.58 Å². The molecular weight excluding hydrogens is 344 g/mol. The number of aryl methyl sites for hydroxylation is 1. The highest BCUT2D eigenvalue weighted by Gasteiger charge is 2.19. The van der Waals surface area contributed by atoms with E-state index in [-0.39, 0.29) is 4.90 Å². The summed E-state index contributed by atoms with van der Waals surface area (Å²) in [6.45, 7) is 2.06. The highest BCUT2D eigenvalue weighted by atomic mass is 32.2. The maximum absolute atomic E-state index is 12.2. The number of aromatic nitrogens is 1. The lowest BCUT2D eigenvalue weighted by Gasteiger charge is -2.10. The molecule has 0 atom stereocenters. The van der Waals surface area contributed by atoms with Gasteiger partial charge in [0.25, 0.3) is 5.22 Å². The van der Waals surface area contributed by atoms with Crippen LogP contribution in [-0.2, 0) is 15.8 Å². The summed E-state index contributed by atoms with van der Waals surface area (Å²) < 4.78 is 31.2. The van der Waals surface area contributed by atoms with Crippen molar-refractivity contribution in [2.45, 2.75) is 22.8 Å². The number of nitrogens with zero attached hydrogens (tertiary/aromatic N) is 2. The maximum Gasteiger partial charge on any atom is 0.257 e. The number of thioether (sulfide) groups is 1. The second kappa shape index (κ2) is 6.58. The molecule has 0 bridgehead atoms. The fourth-order valence-electron chi connectivity index (χ4n) is 2.27. The standard InChI is InChI=1S/C17H18N2O3S2/c1-12-5-4-6-13(9-12)11-23-17-18-15-10-14(7-8-16(15)22-17)24(20,21)19(2)3/h4-10H,11H2,1-3H3. The molecule has 7 heteroatoms. The fraction of sp³-hybridized carbons (Fsp3) is 0.235. The Balaban J connectivity index is 1.84. The summed E-state index contributed by atoms with van der Waals surface area (Å²) in [7, 11) is -0.463. The van der Waals surface area contributed by atoms with E-state index in [1.165, 1.54) is 47.4 Å². The molecule has 24 heavy (non-hydrogen) atoms. The van der Waals surface area contributed by atoms with Crippen molar-refractivity contribution < 1.29 is 12.8 Å². The Bertz CT molecular complexity index is 978. The molecule has 1 heterocycles. The SMILES string of the molecule is Cc1cccc(CSc2nc3cc(S(=O)(=O)N(C)C)ccc3o2)c1. The average Bonchev–Trinajstić information content (AvgIpc) is 2.94. The van der Waals surface area contributed by atoms with E-state index in [2.05, 4.69) is 30.1 Å². The molecule has 0 aliphatic heterocycles. The molecule has 0 aliphatic carbocycles. The van der Waals surface area contributed by atoms with E-state index in [4.69, 9.17) is 4.42 Å². The van der Waals surface area contributed by atoms with Crippen LogP contribution in [-0.4, -0.2) is 31.8 Å². The van der Waals surface area contributed by atoms with E-state index in [1.54, 1.807) is 12.1 Å². The summed E-state index contributed by atoms with van der Waals surface area (Å²) in [6.07, 6.45) is 0. The van der Waals surface area contributed by atoms with Crippen LogP contribution in [0.1, 0.15) is 11.1 Å². The molecule has 3 rings (SSSR count). The van der Waals surface area contributed by atoms with Gasteiger partial charge in [0, 0.05) is 19.8 Å². The number of hydrogen-bond acceptors (Lipinski definition) is 5. The first-order valence-electron chi connectivity index (χ1n) is 7.38. The molecule has 0 aliphatic rings. The predicted molar refractivity (Wildman–Crippen MR) is 95.6 cm³/mol. The van der Waals surface area contributed by atoms with Crippen LogP contribution in [0.25, 0.3) is 11.1 Å². The molecule has 0 amide bonds. The average molecular weight is 362 g/mol. The molecule has 5 nitrogen and oxygen atoms in total. The van der Waals surface area contributed by atoms with Crippen LogP contribution in [0.15, 0.2) is 57.0 Å². The zero-order chi connectivity index (χ0) is 17.3. The molecule has 0 spiro atoms. The van der Waals surface area contributed by atoms with Gasteiger partial charge in [-0.2, -0.15) is 0 Å². The summed E-state index contributed by atoms with van der Waals surface area (Å²) >= 11 is 1.49. The van der Waals surface area contributed by atoms with Crippen molar-refractivity contribution in [3.63, 3.8) is 0 Å². The van der Waals surface area contributed by atoms with E-state index in [1.807, 2.05) is 6.07 Å². The van der Waals surface area contributed by atoms with Crippen molar-refractivity contribution in [3.8, 4) is 0 Å². The van der Waals surface area contributed by atoms with Crippen LogP contribution < -0.4 is 0 Å². The second-order valence-corrected chi connectivity index (χ2v) is 8.75. The molecule has 3 aromatic rings. The van der Waals surface area contributed by atoms with E-state index in [0.29, 0.717) is 16.3 Å². The molecule has 0 saturated carbocycles. The Labute approximate surface area is 145 Å². The lowest BCUT2D eigenvalue weighted by molar-refractivity contribution is 0.489. The van der Waals surface area contributed by atoms with Crippen molar-refractivity contribution in [2.24, 2.45) is 0 Å². The molecule has 0 saturated heterocycles. The second-order valence-electron chi connectivity index (χ2n) is 5.67. The lowest BCUT2D eigenvalue weighted by atomic mass is 10.2. The van der Waals surface area contributed by atoms with Crippen molar-refractivity contribution in [1.29, 1.82) is 0 Å². The van der Waals surface area contributed by atoms with Gasteiger partial charge in [0.05, 0.1) is 4.90 Å². The molecule has 1 aromatic heterocycles. The number of oxazole rings is 1. The van der Waals surface area contributed by atoms with E-state index in [9.17, 15) is 8.42 Å². The molecule has 0 N–H and O–H groups in total. The monoisotopic (exact) mass is 362 g/mol. The zero-order valence-corrected chi connectivity index (χ0v) is 15.3. The smallest absolute Gasteiger partial charge is 0.257 e. The molecule has 0 fully saturated rings. The molecule has 126 valence electrons. The fourth-order valence-corrected chi connectivity index (χ4v) is 3.97. The van der Waals surface area contributed by atoms with Gasteiger partial charge < -0.3 is 4.42 Å². The Morgan fingerprint density at radius 2 is 1.96 bits per heavy atom. The zero-order valence-electron chi connectivity index (χ0n) is 13.7. The number of fused-ring (bicyclic) bond motifs is 1. The maximum atomic E-state index is 12.2. The minimum absolute atomic E-state index is 0.212. The summed E-state index contributed by atoms with van der Waals surface area (Å²) in [5, 5.41) is 0.533. The topological polar surface area (TPSA) is 63.4 Å². The van der Waals surface area contributed by atoms with Crippen LogP contribution in [0.4, 0.5) is 0 Å². The highest BCUT2D eigenvalue weighted by Crippen LogP contribution is 2.28. The lowest BCUT2D eigenvalue weighted by Crippen LogP contribution is -2.22. The van der Waals surface area contributed by atoms with Gasteiger partial charge in [0.1, 0.15) is 5.52 Å². The first kappa shape index (κ1) is 17.0. The first-order valence-corrected chi connectivity index (χ1v) is 9.80. The van der Waals surface area contributed by atoms with E-state index >= 15 is 0 Å². The van der Waals surface area contributed by atoms with Crippen LogP contribution in [0.3, 0.4) is 0 Å². The normalized spacial score (nSPS) is 12.2. The largest absolute Gasteiger partial charge is 0.431 e. The summed E-state index contributed by atoms with van der Waals surface area (Å²) in [6, 6.07) is 13.0. The number of rotatable bonds is 5. The van der Waals surface area contributed by atoms with Gasteiger partial charge in [0.2, 0.25) is 10.0 Å². The van der Waals surface area contributed by atoms with Crippen molar-refractivity contribution in [2.75, 3.05) is 14.1 Å². The van der Waals surface area contributed by atoms with Crippen molar-refractivity contribution in [3.05, 3.63) is 53.6 Å². The van der Waals surface area contributed by atoms with Gasteiger partial charge in [-0.15, -0.1) is 0 Å².